The van der Waals surface area contributed by atoms with Gasteiger partial charge in [0, 0.05) is 24.5 Å². The first-order valence-corrected chi connectivity index (χ1v) is 11.3. The zero-order chi connectivity index (χ0) is 23.8. The highest BCUT2D eigenvalue weighted by molar-refractivity contribution is 6.10. The number of amides is 1. The van der Waals surface area contributed by atoms with Crippen LogP contribution in [0.2, 0.25) is 0 Å². The number of para-hydroxylation sites is 1. The Hall–Kier alpha value is -4.06. The molecule has 0 spiro atoms. The normalized spacial score (nSPS) is 12.3. The SMILES string of the molecule is COc1cccc(-c2c(C(=O)N(C)Cc3ccccc3C)c(=O)n3c4c(cccc24)OCC3)c1. The van der Waals surface area contributed by atoms with Crippen molar-refractivity contribution in [3.8, 4) is 22.6 Å². The number of pyridine rings is 1. The number of methoxy groups -OCH3 is 1. The summed E-state index contributed by atoms with van der Waals surface area (Å²) >= 11 is 0. The summed E-state index contributed by atoms with van der Waals surface area (Å²) in [6.45, 7) is 3.21. The lowest BCUT2D eigenvalue weighted by molar-refractivity contribution is 0.0783. The quantitative estimate of drug-likeness (QED) is 0.440. The van der Waals surface area contributed by atoms with Gasteiger partial charge in [-0.2, -0.15) is 0 Å². The molecule has 0 saturated carbocycles. The monoisotopic (exact) mass is 454 g/mol. The molecule has 5 rings (SSSR count). The molecule has 6 nitrogen and oxygen atoms in total. The Kier molecular flexibility index (Phi) is 5.57. The number of benzene rings is 3. The van der Waals surface area contributed by atoms with Gasteiger partial charge in [0.2, 0.25) is 0 Å². The highest BCUT2D eigenvalue weighted by Gasteiger charge is 2.28. The summed E-state index contributed by atoms with van der Waals surface area (Å²) in [4.78, 5) is 29.4. The van der Waals surface area contributed by atoms with Crippen molar-refractivity contribution in [2.45, 2.75) is 20.0 Å². The predicted molar refractivity (Wildman–Crippen MR) is 133 cm³/mol. The van der Waals surface area contributed by atoms with Crippen molar-refractivity contribution < 1.29 is 14.3 Å². The Morgan fingerprint density at radius 1 is 1.09 bits per heavy atom. The summed E-state index contributed by atoms with van der Waals surface area (Å²) in [5.41, 5.74) is 4.07. The number of ether oxygens (including phenoxy) is 2. The van der Waals surface area contributed by atoms with Crippen molar-refractivity contribution in [2.75, 3.05) is 20.8 Å². The van der Waals surface area contributed by atoms with E-state index in [0.717, 1.165) is 27.6 Å². The Morgan fingerprint density at radius 3 is 2.68 bits per heavy atom. The molecular weight excluding hydrogens is 428 g/mol. The number of hydrogen-bond donors (Lipinski definition) is 0. The van der Waals surface area contributed by atoms with Crippen LogP contribution >= 0.6 is 0 Å². The molecule has 0 atom stereocenters. The van der Waals surface area contributed by atoms with E-state index in [2.05, 4.69) is 0 Å². The summed E-state index contributed by atoms with van der Waals surface area (Å²) < 4.78 is 13.0. The molecule has 0 aliphatic carbocycles. The predicted octanol–water partition coefficient (Wildman–Crippen LogP) is 4.65. The van der Waals surface area contributed by atoms with Gasteiger partial charge in [-0.05, 0) is 41.8 Å². The molecule has 0 bridgehead atoms. The van der Waals surface area contributed by atoms with Gasteiger partial charge in [-0.3, -0.25) is 9.59 Å². The van der Waals surface area contributed by atoms with Crippen molar-refractivity contribution in [1.82, 2.24) is 9.47 Å². The molecule has 0 saturated heterocycles. The number of aryl methyl sites for hydroxylation is 1. The smallest absolute Gasteiger partial charge is 0.264 e. The molecule has 1 amide bonds. The van der Waals surface area contributed by atoms with Crippen LogP contribution in [0.4, 0.5) is 0 Å². The fourth-order valence-electron chi connectivity index (χ4n) is 4.64. The van der Waals surface area contributed by atoms with Crippen molar-refractivity contribution in [3.63, 3.8) is 0 Å². The molecule has 0 unspecified atom stereocenters. The van der Waals surface area contributed by atoms with Gasteiger partial charge in [0.05, 0.1) is 19.2 Å². The Balaban J connectivity index is 1.75. The first-order chi connectivity index (χ1) is 16.5. The summed E-state index contributed by atoms with van der Waals surface area (Å²) in [6.07, 6.45) is 0. The largest absolute Gasteiger partial charge is 0.497 e. The number of carbonyl (C=O) groups is 1. The number of rotatable bonds is 5. The second-order valence-corrected chi connectivity index (χ2v) is 8.53. The molecule has 1 aliphatic rings. The topological polar surface area (TPSA) is 60.8 Å². The van der Waals surface area contributed by atoms with E-state index in [1.807, 2.05) is 73.7 Å². The fourth-order valence-corrected chi connectivity index (χ4v) is 4.64. The lowest BCUT2D eigenvalue weighted by Gasteiger charge is -2.25. The number of carbonyl (C=O) groups excluding carboxylic acids is 1. The van der Waals surface area contributed by atoms with E-state index < -0.39 is 0 Å². The minimum Gasteiger partial charge on any atom is -0.497 e. The van der Waals surface area contributed by atoms with Gasteiger partial charge in [-0.15, -0.1) is 0 Å². The van der Waals surface area contributed by atoms with Crippen LogP contribution in [-0.4, -0.2) is 36.1 Å². The van der Waals surface area contributed by atoms with Gasteiger partial charge >= 0.3 is 0 Å². The van der Waals surface area contributed by atoms with E-state index in [4.69, 9.17) is 9.47 Å². The van der Waals surface area contributed by atoms with Gasteiger partial charge in [0.25, 0.3) is 11.5 Å². The summed E-state index contributed by atoms with van der Waals surface area (Å²) in [6, 6.07) is 21.1. The molecule has 0 radical (unpaired) electrons. The zero-order valence-electron chi connectivity index (χ0n) is 19.5. The molecule has 1 aliphatic heterocycles. The third kappa shape index (κ3) is 3.61. The molecule has 4 aromatic rings. The first-order valence-electron chi connectivity index (χ1n) is 11.3. The average Bonchev–Trinajstić information content (AvgIpc) is 2.87. The fraction of sp³-hybridized carbons (Fsp3) is 0.214. The lowest BCUT2D eigenvalue weighted by atomic mass is 9.94. The van der Waals surface area contributed by atoms with Crippen LogP contribution in [0.25, 0.3) is 22.0 Å². The van der Waals surface area contributed by atoms with Crippen LogP contribution in [0.1, 0.15) is 21.5 Å². The molecule has 0 fully saturated rings. The second-order valence-electron chi connectivity index (χ2n) is 8.53. The van der Waals surface area contributed by atoms with Gasteiger partial charge < -0.3 is 18.9 Å². The minimum atomic E-state index is -0.311. The molecule has 3 aromatic carbocycles. The standard InChI is InChI=1S/C28H26N2O4/c1-18-8-4-5-9-20(18)17-29(2)27(31)25-24(19-10-6-11-21(16-19)33-3)22-12-7-13-23-26(22)30(28(25)32)14-15-34-23/h4-13,16H,14-15,17H2,1-3H3. The second kappa shape index (κ2) is 8.71. The third-order valence-electron chi connectivity index (χ3n) is 6.41. The van der Waals surface area contributed by atoms with Crippen LogP contribution in [0.15, 0.2) is 71.5 Å². The molecule has 0 N–H and O–H groups in total. The van der Waals surface area contributed by atoms with Crippen LogP contribution in [0.5, 0.6) is 11.5 Å². The van der Waals surface area contributed by atoms with Crippen molar-refractivity contribution in [1.29, 1.82) is 0 Å². The Bertz CT molecular complexity index is 1470. The van der Waals surface area contributed by atoms with E-state index in [0.29, 0.717) is 36.8 Å². The van der Waals surface area contributed by atoms with Crippen LogP contribution in [0, 0.1) is 6.92 Å². The summed E-state index contributed by atoms with van der Waals surface area (Å²) in [7, 11) is 3.34. The van der Waals surface area contributed by atoms with E-state index in [1.54, 1.807) is 23.6 Å². The highest BCUT2D eigenvalue weighted by atomic mass is 16.5. The van der Waals surface area contributed by atoms with Crippen LogP contribution in [-0.2, 0) is 13.1 Å². The summed E-state index contributed by atoms with van der Waals surface area (Å²) in [5, 5.41) is 0.803. The molecule has 2 heterocycles. The average molecular weight is 455 g/mol. The highest BCUT2D eigenvalue weighted by Crippen LogP contribution is 2.37. The van der Waals surface area contributed by atoms with Gasteiger partial charge in [0.1, 0.15) is 23.7 Å². The molecular formula is C28H26N2O4. The summed E-state index contributed by atoms with van der Waals surface area (Å²) in [5.74, 6) is 0.992. The van der Waals surface area contributed by atoms with Crippen molar-refractivity contribution in [3.05, 3.63) is 93.8 Å². The zero-order valence-corrected chi connectivity index (χ0v) is 19.5. The maximum Gasteiger partial charge on any atom is 0.264 e. The maximum atomic E-state index is 13.9. The van der Waals surface area contributed by atoms with E-state index in [-0.39, 0.29) is 17.0 Å². The molecule has 172 valence electrons. The molecule has 34 heavy (non-hydrogen) atoms. The van der Waals surface area contributed by atoms with Crippen molar-refractivity contribution in [2.24, 2.45) is 0 Å². The number of hydrogen-bond acceptors (Lipinski definition) is 4. The van der Waals surface area contributed by atoms with E-state index in [9.17, 15) is 9.59 Å². The Morgan fingerprint density at radius 2 is 1.88 bits per heavy atom. The van der Waals surface area contributed by atoms with Gasteiger partial charge in [0.15, 0.2) is 0 Å². The third-order valence-corrected chi connectivity index (χ3v) is 6.41. The Labute approximate surface area is 198 Å². The van der Waals surface area contributed by atoms with E-state index in [1.165, 1.54) is 0 Å². The number of aromatic nitrogens is 1. The molecule has 6 heteroatoms. The van der Waals surface area contributed by atoms with Gasteiger partial charge in [-0.25, -0.2) is 0 Å². The lowest BCUT2D eigenvalue weighted by Crippen LogP contribution is -2.37. The maximum absolute atomic E-state index is 13.9. The molecule has 1 aromatic heterocycles. The van der Waals surface area contributed by atoms with Crippen LogP contribution in [0.3, 0.4) is 0 Å². The van der Waals surface area contributed by atoms with Gasteiger partial charge in [-0.1, -0.05) is 48.5 Å². The first kappa shape index (κ1) is 21.8. The number of nitrogens with zero attached hydrogens (tertiary/aromatic N) is 2. The van der Waals surface area contributed by atoms with Crippen molar-refractivity contribution >= 4 is 16.8 Å². The van der Waals surface area contributed by atoms with E-state index >= 15 is 0 Å². The van der Waals surface area contributed by atoms with Crippen LogP contribution < -0.4 is 15.0 Å². The minimum absolute atomic E-state index is 0.163.